The lowest BCUT2D eigenvalue weighted by atomic mass is 10.7. The number of hydrogen-bond acceptors (Lipinski definition) is 3. The lowest BCUT2D eigenvalue weighted by molar-refractivity contribution is -0.0330. The summed E-state index contributed by atoms with van der Waals surface area (Å²) in [4.78, 5) is 7.59. The average Bonchev–Trinajstić information content (AvgIpc) is 2.44. The third-order valence-electron chi connectivity index (χ3n) is 1.63. The van der Waals surface area contributed by atoms with Crippen LogP contribution in [0.15, 0.2) is 22.0 Å². The molecule has 0 saturated carbocycles. The molecule has 0 saturated heterocycles. The van der Waals surface area contributed by atoms with Gasteiger partial charge in [-0.3, -0.25) is 4.40 Å². The summed E-state index contributed by atoms with van der Waals surface area (Å²) in [5.74, 6) is 0. The number of hydrogen-bond donors (Lipinski definition) is 0. The molecule has 0 aliphatic heterocycles. The summed E-state index contributed by atoms with van der Waals surface area (Å²) in [6.07, 6.45) is 2.68. The smallest absolute Gasteiger partial charge is 0.289 e. The molecule has 0 spiro atoms. The molecule has 0 bridgehead atoms. The van der Waals surface area contributed by atoms with Gasteiger partial charge >= 0.3 is 5.51 Å². The molecule has 0 radical (unpaired) electrons. The van der Waals surface area contributed by atoms with Crippen molar-refractivity contribution in [2.24, 2.45) is 0 Å². The minimum Gasteiger partial charge on any atom is -0.289 e. The second-order valence-electron chi connectivity index (χ2n) is 2.67. The van der Waals surface area contributed by atoms with Gasteiger partial charge in [0.25, 0.3) is 0 Å². The summed E-state index contributed by atoms with van der Waals surface area (Å²) in [6, 6.07) is 0. The fourth-order valence-corrected chi connectivity index (χ4v) is 2.48. The Morgan fingerprint density at radius 3 is 2.75 bits per heavy atom. The molecule has 16 heavy (non-hydrogen) atoms. The van der Waals surface area contributed by atoms with E-state index >= 15 is 0 Å². The number of nitrogens with zero attached hydrogens (tertiary/aromatic N) is 3. The van der Waals surface area contributed by atoms with Gasteiger partial charge in [-0.05, 0) is 15.9 Å². The number of alkyl halides is 3. The summed E-state index contributed by atoms with van der Waals surface area (Å²) in [5, 5.41) is -0.0241. The molecule has 0 unspecified atom stereocenters. The maximum atomic E-state index is 12.3. The van der Waals surface area contributed by atoms with Crippen LogP contribution < -0.4 is 0 Å². The Morgan fingerprint density at radius 1 is 1.44 bits per heavy atom. The zero-order chi connectivity index (χ0) is 11.9. The number of rotatable bonds is 1. The number of fused-ring (bicyclic) bond motifs is 1. The van der Waals surface area contributed by atoms with Crippen molar-refractivity contribution < 1.29 is 13.2 Å². The molecule has 2 rings (SSSR count). The normalized spacial score (nSPS) is 12.3. The monoisotopic (exact) mass is 331 g/mol. The molecule has 3 nitrogen and oxygen atoms in total. The molecule has 0 N–H and O–H groups in total. The van der Waals surface area contributed by atoms with Gasteiger partial charge in [-0.1, -0.05) is 11.6 Å². The van der Waals surface area contributed by atoms with Crippen molar-refractivity contribution in [3.05, 3.63) is 22.1 Å². The van der Waals surface area contributed by atoms with E-state index in [0.29, 0.717) is 0 Å². The topological polar surface area (TPSA) is 30.2 Å². The Bertz CT molecular complexity index is 541. The van der Waals surface area contributed by atoms with Crippen LogP contribution in [0, 0.1) is 0 Å². The van der Waals surface area contributed by atoms with Gasteiger partial charge in [-0.15, -0.1) is 0 Å². The van der Waals surface area contributed by atoms with E-state index in [-0.39, 0.29) is 32.2 Å². The quantitative estimate of drug-likeness (QED) is 0.745. The highest BCUT2D eigenvalue weighted by Gasteiger charge is 2.32. The summed E-state index contributed by atoms with van der Waals surface area (Å²) in [7, 11) is 0. The highest BCUT2D eigenvalue weighted by atomic mass is 79.9. The van der Waals surface area contributed by atoms with Gasteiger partial charge in [-0.25, -0.2) is 9.97 Å². The van der Waals surface area contributed by atoms with Crippen LogP contribution in [-0.2, 0) is 0 Å². The fraction of sp³-hybridized carbons (Fsp3) is 0.143. The Hall–Kier alpha value is -0.470. The van der Waals surface area contributed by atoms with Crippen LogP contribution in [0.5, 0.6) is 0 Å². The maximum Gasteiger partial charge on any atom is 0.447 e. The second-order valence-corrected chi connectivity index (χ2v) is 4.83. The van der Waals surface area contributed by atoms with Gasteiger partial charge in [0.1, 0.15) is 9.63 Å². The summed E-state index contributed by atoms with van der Waals surface area (Å²) < 4.78 is 38.2. The van der Waals surface area contributed by atoms with Gasteiger partial charge in [0.2, 0.25) is 0 Å². The lowest BCUT2D eigenvalue weighted by Crippen LogP contribution is -2.01. The van der Waals surface area contributed by atoms with Crippen LogP contribution in [0.25, 0.3) is 5.65 Å². The van der Waals surface area contributed by atoms with Gasteiger partial charge in [0, 0.05) is 24.2 Å². The van der Waals surface area contributed by atoms with E-state index in [0.717, 1.165) is 0 Å². The highest BCUT2D eigenvalue weighted by Crippen LogP contribution is 2.40. The molecule has 0 amide bonds. The molecule has 86 valence electrons. The molecular formula is C7H2BrClF3N3S. The lowest BCUT2D eigenvalue weighted by Gasteiger charge is -2.05. The predicted octanol–water partition coefficient (Wildman–Crippen LogP) is 3.76. The molecule has 0 fully saturated rings. The number of aromatic nitrogens is 3. The van der Waals surface area contributed by atoms with E-state index in [1.165, 1.54) is 16.8 Å². The Morgan fingerprint density at radius 2 is 2.12 bits per heavy atom. The SMILES string of the molecule is FC(F)(F)Sc1c(Br)nc2c(Cl)nccn12. The predicted molar refractivity (Wildman–Crippen MR) is 57.6 cm³/mol. The molecule has 0 atom stereocenters. The van der Waals surface area contributed by atoms with E-state index in [1.807, 2.05) is 0 Å². The summed E-state index contributed by atoms with van der Waals surface area (Å²) in [5.41, 5.74) is -4.20. The largest absolute Gasteiger partial charge is 0.447 e. The van der Waals surface area contributed by atoms with Crippen molar-refractivity contribution in [3.8, 4) is 0 Å². The molecular weight excluding hydrogens is 331 g/mol. The number of thioether (sulfide) groups is 1. The van der Waals surface area contributed by atoms with E-state index in [1.54, 1.807) is 0 Å². The van der Waals surface area contributed by atoms with Crippen molar-refractivity contribution in [2.45, 2.75) is 10.5 Å². The average molecular weight is 333 g/mol. The number of halogens is 5. The fourth-order valence-electron chi connectivity index (χ4n) is 1.10. The van der Waals surface area contributed by atoms with Crippen LogP contribution >= 0.6 is 39.3 Å². The third kappa shape index (κ3) is 2.28. The Labute approximate surface area is 105 Å². The first-order valence-electron chi connectivity index (χ1n) is 3.82. The van der Waals surface area contributed by atoms with Gasteiger partial charge < -0.3 is 0 Å². The van der Waals surface area contributed by atoms with E-state index in [2.05, 4.69) is 25.9 Å². The van der Waals surface area contributed by atoms with Crippen molar-refractivity contribution >= 4 is 44.9 Å². The molecule has 0 aromatic carbocycles. The third-order valence-corrected chi connectivity index (χ3v) is 3.52. The standard InChI is InChI=1S/C7H2BrClF3N3S/c8-3-6(16-7(10,11)12)15-2-1-13-4(9)5(15)14-3/h1-2H. The first kappa shape index (κ1) is 12.0. The number of imidazole rings is 1. The van der Waals surface area contributed by atoms with Crippen molar-refractivity contribution in [1.29, 1.82) is 0 Å². The van der Waals surface area contributed by atoms with Crippen LogP contribution in [-0.4, -0.2) is 19.9 Å². The van der Waals surface area contributed by atoms with Gasteiger partial charge in [0.05, 0.1) is 0 Å². The first-order valence-corrected chi connectivity index (χ1v) is 5.81. The van der Waals surface area contributed by atoms with Crippen LogP contribution in [0.4, 0.5) is 13.2 Å². The molecule has 0 aliphatic rings. The van der Waals surface area contributed by atoms with Gasteiger partial charge in [-0.2, -0.15) is 13.2 Å². The van der Waals surface area contributed by atoms with E-state index in [4.69, 9.17) is 11.6 Å². The minimum atomic E-state index is -4.38. The molecule has 2 aromatic rings. The van der Waals surface area contributed by atoms with Crippen LogP contribution in [0.3, 0.4) is 0 Å². The Kier molecular flexibility index (Phi) is 3.06. The minimum absolute atomic E-state index is 0.0530. The van der Waals surface area contributed by atoms with E-state index in [9.17, 15) is 13.2 Å². The zero-order valence-electron chi connectivity index (χ0n) is 7.29. The Balaban J connectivity index is 2.61. The highest BCUT2D eigenvalue weighted by molar-refractivity contribution is 9.10. The first-order chi connectivity index (χ1) is 7.38. The zero-order valence-corrected chi connectivity index (χ0v) is 10.5. The molecule has 0 aliphatic carbocycles. The second kappa shape index (κ2) is 4.08. The summed E-state index contributed by atoms with van der Waals surface area (Å²) in [6.45, 7) is 0. The van der Waals surface area contributed by atoms with Crippen molar-refractivity contribution in [1.82, 2.24) is 14.4 Å². The van der Waals surface area contributed by atoms with Gasteiger partial charge in [0.15, 0.2) is 10.8 Å². The maximum absolute atomic E-state index is 12.3. The molecule has 2 aromatic heterocycles. The van der Waals surface area contributed by atoms with Crippen LogP contribution in [0.2, 0.25) is 5.15 Å². The molecule has 2 heterocycles. The summed E-state index contributed by atoms with van der Waals surface area (Å²) >= 11 is 8.40. The van der Waals surface area contributed by atoms with Crippen LogP contribution in [0.1, 0.15) is 0 Å². The molecule has 9 heteroatoms. The van der Waals surface area contributed by atoms with Crippen molar-refractivity contribution in [3.63, 3.8) is 0 Å². The van der Waals surface area contributed by atoms with Crippen molar-refractivity contribution in [2.75, 3.05) is 0 Å². The van der Waals surface area contributed by atoms with E-state index < -0.39 is 5.51 Å².